The smallest absolute Gasteiger partial charge is 0.246 e. The van der Waals surface area contributed by atoms with Gasteiger partial charge in [0.15, 0.2) is 0 Å². The molecule has 0 heterocycles. The minimum absolute atomic E-state index is 0.0372. The van der Waals surface area contributed by atoms with Gasteiger partial charge in [-0.3, -0.25) is 0 Å². The van der Waals surface area contributed by atoms with Crippen molar-refractivity contribution in [3.8, 4) is 0 Å². The second-order valence-corrected chi connectivity index (χ2v) is 6.84. The van der Waals surface area contributed by atoms with Gasteiger partial charge in [0.1, 0.15) is 4.90 Å². The fraction of sp³-hybridized carbons (Fsp3) is 0.455. The first-order chi connectivity index (χ1) is 8.21. The van der Waals surface area contributed by atoms with Crippen molar-refractivity contribution in [2.75, 3.05) is 12.8 Å². The molecule has 18 heavy (non-hydrogen) atoms. The first kappa shape index (κ1) is 15.6. The lowest BCUT2D eigenvalue weighted by atomic mass is 10.3. The van der Waals surface area contributed by atoms with E-state index in [9.17, 15) is 8.42 Å². The molecule has 0 aromatic heterocycles. The Labute approximate surface area is 118 Å². The van der Waals surface area contributed by atoms with Crippen LogP contribution in [0.1, 0.15) is 20.3 Å². The molecule has 0 aliphatic heterocycles. The van der Waals surface area contributed by atoms with Crippen LogP contribution in [-0.4, -0.2) is 25.8 Å². The van der Waals surface area contributed by atoms with Gasteiger partial charge >= 0.3 is 0 Å². The zero-order chi connectivity index (χ0) is 14.1. The molecule has 1 rings (SSSR count). The third-order valence-corrected chi connectivity index (χ3v) is 5.76. The number of rotatable bonds is 4. The summed E-state index contributed by atoms with van der Waals surface area (Å²) in [6.07, 6.45) is 0.694. The van der Waals surface area contributed by atoms with Crippen molar-refractivity contribution in [3.63, 3.8) is 0 Å². The first-order valence-electron chi connectivity index (χ1n) is 5.44. The molecule has 0 saturated heterocycles. The predicted molar refractivity (Wildman–Crippen MR) is 75.6 cm³/mol. The molecule has 1 atom stereocenters. The van der Waals surface area contributed by atoms with Gasteiger partial charge in [-0.25, -0.2) is 8.42 Å². The lowest BCUT2D eigenvalue weighted by molar-refractivity contribution is 0.380. The van der Waals surface area contributed by atoms with Crippen molar-refractivity contribution in [2.45, 2.75) is 31.2 Å². The van der Waals surface area contributed by atoms with Gasteiger partial charge in [0.25, 0.3) is 0 Å². The van der Waals surface area contributed by atoms with Crippen LogP contribution in [0, 0.1) is 0 Å². The van der Waals surface area contributed by atoms with Crippen LogP contribution in [0.3, 0.4) is 0 Å². The van der Waals surface area contributed by atoms with Gasteiger partial charge < -0.3 is 5.73 Å². The molecule has 0 bridgehead atoms. The SMILES string of the molecule is CCC(C)N(C)S(=O)(=O)c1c(Cl)cc(N)cc1Cl. The molecule has 0 spiro atoms. The van der Waals surface area contributed by atoms with Crippen LogP contribution in [0.4, 0.5) is 5.69 Å². The van der Waals surface area contributed by atoms with E-state index in [4.69, 9.17) is 28.9 Å². The van der Waals surface area contributed by atoms with Gasteiger partial charge in [-0.2, -0.15) is 4.31 Å². The van der Waals surface area contributed by atoms with Gasteiger partial charge in [-0.05, 0) is 25.5 Å². The molecule has 0 radical (unpaired) electrons. The van der Waals surface area contributed by atoms with Crippen LogP contribution < -0.4 is 5.73 Å². The van der Waals surface area contributed by atoms with E-state index in [2.05, 4.69) is 0 Å². The van der Waals surface area contributed by atoms with E-state index < -0.39 is 10.0 Å². The van der Waals surface area contributed by atoms with E-state index in [1.165, 1.54) is 23.5 Å². The number of nitrogens with two attached hydrogens (primary N) is 1. The molecule has 1 aromatic rings. The van der Waals surface area contributed by atoms with Crippen molar-refractivity contribution < 1.29 is 8.42 Å². The number of sulfonamides is 1. The Hall–Kier alpha value is -0.490. The third-order valence-electron chi connectivity index (χ3n) is 2.87. The van der Waals surface area contributed by atoms with Gasteiger partial charge in [-0.15, -0.1) is 0 Å². The van der Waals surface area contributed by atoms with Gasteiger partial charge in [-0.1, -0.05) is 30.1 Å². The van der Waals surface area contributed by atoms with Crippen LogP contribution in [0.2, 0.25) is 10.0 Å². The fourth-order valence-corrected chi connectivity index (χ4v) is 4.07. The highest BCUT2D eigenvalue weighted by Crippen LogP contribution is 2.34. The Morgan fingerprint density at radius 1 is 1.33 bits per heavy atom. The summed E-state index contributed by atoms with van der Waals surface area (Å²) in [6.45, 7) is 3.72. The maximum atomic E-state index is 12.4. The summed E-state index contributed by atoms with van der Waals surface area (Å²) in [5, 5.41) is 0.0744. The molecule has 2 N–H and O–H groups in total. The lowest BCUT2D eigenvalue weighted by Crippen LogP contribution is -2.35. The summed E-state index contributed by atoms with van der Waals surface area (Å²) < 4.78 is 26.1. The molecule has 102 valence electrons. The average molecular weight is 311 g/mol. The number of anilines is 1. The van der Waals surface area contributed by atoms with Crippen LogP contribution in [0.5, 0.6) is 0 Å². The molecule has 0 fully saturated rings. The highest BCUT2D eigenvalue weighted by molar-refractivity contribution is 7.89. The van der Waals surface area contributed by atoms with E-state index in [0.29, 0.717) is 12.1 Å². The normalized spacial score (nSPS) is 13.9. The number of hydrogen-bond acceptors (Lipinski definition) is 3. The largest absolute Gasteiger partial charge is 0.399 e. The number of hydrogen-bond donors (Lipinski definition) is 1. The molecule has 0 aliphatic carbocycles. The van der Waals surface area contributed by atoms with Crippen LogP contribution in [0.15, 0.2) is 17.0 Å². The Morgan fingerprint density at radius 2 is 1.78 bits per heavy atom. The van der Waals surface area contributed by atoms with E-state index in [-0.39, 0.29) is 21.0 Å². The van der Waals surface area contributed by atoms with Crippen LogP contribution in [0.25, 0.3) is 0 Å². The van der Waals surface area contributed by atoms with Crippen molar-refractivity contribution in [2.24, 2.45) is 0 Å². The Kier molecular flexibility index (Phi) is 4.89. The van der Waals surface area contributed by atoms with Crippen molar-refractivity contribution >= 4 is 38.9 Å². The third kappa shape index (κ3) is 2.91. The lowest BCUT2D eigenvalue weighted by Gasteiger charge is -2.24. The van der Waals surface area contributed by atoms with Crippen molar-refractivity contribution in [3.05, 3.63) is 22.2 Å². The summed E-state index contributed by atoms with van der Waals surface area (Å²) in [7, 11) is -2.21. The second-order valence-electron chi connectivity index (χ2n) is 4.09. The molecule has 0 saturated carbocycles. The molecule has 0 amide bonds. The van der Waals surface area contributed by atoms with E-state index in [1.807, 2.05) is 13.8 Å². The molecule has 1 aromatic carbocycles. The summed E-state index contributed by atoms with van der Waals surface area (Å²) in [5.74, 6) is 0. The van der Waals surface area contributed by atoms with E-state index in [1.54, 1.807) is 0 Å². The Morgan fingerprint density at radius 3 is 2.17 bits per heavy atom. The first-order valence-corrected chi connectivity index (χ1v) is 7.64. The number of halogens is 2. The molecule has 7 heteroatoms. The highest BCUT2D eigenvalue weighted by atomic mass is 35.5. The quantitative estimate of drug-likeness (QED) is 0.869. The highest BCUT2D eigenvalue weighted by Gasteiger charge is 2.29. The minimum atomic E-state index is -3.71. The zero-order valence-electron chi connectivity index (χ0n) is 10.4. The Balaban J connectivity index is 3.38. The maximum Gasteiger partial charge on any atom is 0.246 e. The topological polar surface area (TPSA) is 63.4 Å². The summed E-state index contributed by atoms with van der Waals surface area (Å²) in [5.41, 5.74) is 5.89. The number of nitrogen functional groups attached to an aromatic ring is 1. The summed E-state index contributed by atoms with van der Waals surface area (Å²) >= 11 is 11.9. The van der Waals surface area contributed by atoms with Crippen molar-refractivity contribution in [1.82, 2.24) is 4.31 Å². The molecular formula is C11H16Cl2N2O2S. The molecule has 1 unspecified atom stereocenters. The van der Waals surface area contributed by atoms with E-state index in [0.717, 1.165) is 0 Å². The minimum Gasteiger partial charge on any atom is -0.399 e. The standard InChI is InChI=1S/C11H16Cl2N2O2S/c1-4-7(2)15(3)18(16,17)11-9(12)5-8(14)6-10(11)13/h5-7H,4,14H2,1-3H3. The number of benzene rings is 1. The molecule has 4 nitrogen and oxygen atoms in total. The average Bonchev–Trinajstić information content (AvgIpc) is 2.24. The molecular weight excluding hydrogens is 295 g/mol. The Bertz CT molecular complexity index is 523. The van der Waals surface area contributed by atoms with Crippen LogP contribution in [-0.2, 0) is 10.0 Å². The molecule has 0 aliphatic rings. The van der Waals surface area contributed by atoms with Gasteiger partial charge in [0.2, 0.25) is 10.0 Å². The number of nitrogens with zero attached hydrogens (tertiary/aromatic N) is 1. The van der Waals surface area contributed by atoms with Crippen molar-refractivity contribution in [1.29, 1.82) is 0 Å². The van der Waals surface area contributed by atoms with E-state index >= 15 is 0 Å². The summed E-state index contributed by atoms with van der Waals surface area (Å²) in [4.78, 5) is -0.0946. The summed E-state index contributed by atoms with van der Waals surface area (Å²) in [6, 6.07) is 2.62. The predicted octanol–water partition coefficient (Wildman–Crippen LogP) is 2.99. The van der Waals surface area contributed by atoms with Crippen LogP contribution >= 0.6 is 23.2 Å². The van der Waals surface area contributed by atoms with Gasteiger partial charge in [0, 0.05) is 18.8 Å². The zero-order valence-corrected chi connectivity index (χ0v) is 12.8. The fourth-order valence-electron chi connectivity index (χ4n) is 1.46. The van der Waals surface area contributed by atoms with Gasteiger partial charge in [0.05, 0.1) is 10.0 Å². The monoisotopic (exact) mass is 310 g/mol. The maximum absolute atomic E-state index is 12.4. The second kappa shape index (κ2) is 5.65.